The van der Waals surface area contributed by atoms with Crippen LogP contribution in [0.15, 0.2) is 59.5 Å². The molecule has 0 spiro atoms. The molecule has 4 nitrogen and oxygen atoms in total. The highest BCUT2D eigenvalue weighted by Gasteiger charge is 2.36. The number of rotatable bonds is 6. The van der Waals surface area contributed by atoms with Crippen LogP contribution in [0.2, 0.25) is 0 Å². The van der Waals surface area contributed by atoms with E-state index in [1.165, 1.54) is 18.9 Å². The Morgan fingerprint density at radius 2 is 1.73 bits per heavy atom. The van der Waals surface area contributed by atoms with E-state index in [2.05, 4.69) is 0 Å². The van der Waals surface area contributed by atoms with Crippen molar-refractivity contribution in [2.24, 2.45) is 5.73 Å². The summed E-state index contributed by atoms with van der Waals surface area (Å²) < 4.78 is 10.0. The minimum atomic E-state index is -1.18. The van der Waals surface area contributed by atoms with Crippen LogP contribution < -0.4 is 10.5 Å². The van der Waals surface area contributed by atoms with Gasteiger partial charge in [-0.3, -0.25) is 0 Å². The first-order chi connectivity index (χ1) is 10.6. The van der Waals surface area contributed by atoms with Gasteiger partial charge in [0.15, 0.2) is 4.87 Å². The van der Waals surface area contributed by atoms with Crippen molar-refractivity contribution in [3.8, 4) is 5.75 Å². The van der Waals surface area contributed by atoms with Crippen LogP contribution in [-0.2, 0) is 16.0 Å². The molecule has 2 N–H and O–H groups in total. The summed E-state index contributed by atoms with van der Waals surface area (Å²) in [6.07, 6.45) is 0.364. The van der Waals surface area contributed by atoms with Crippen molar-refractivity contribution in [3.05, 3.63) is 60.2 Å². The maximum Gasteiger partial charge on any atom is 0.337 e. The number of hydrogen-bond donors (Lipinski definition) is 1. The molecule has 0 amide bonds. The van der Waals surface area contributed by atoms with Crippen LogP contribution in [0.3, 0.4) is 0 Å². The number of carbonyl (C=O) groups excluding carboxylic acids is 1. The van der Waals surface area contributed by atoms with Gasteiger partial charge in [-0.1, -0.05) is 42.1 Å². The summed E-state index contributed by atoms with van der Waals surface area (Å²) >= 11 is 1.30. The van der Waals surface area contributed by atoms with Crippen molar-refractivity contribution in [1.82, 2.24) is 0 Å². The summed E-state index contributed by atoms with van der Waals surface area (Å²) in [7, 11) is 2.96. The minimum Gasteiger partial charge on any atom is -0.497 e. The van der Waals surface area contributed by atoms with Gasteiger partial charge in [0, 0.05) is 11.3 Å². The van der Waals surface area contributed by atoms with Crippen molar-refractivity contribution in [2.75, 3.05) is 14.2 Å². The fraction of sp³-hybridized carbons (Fsp3) is 0.235. The summed E-state index contributed by atoms with van der Waals surface area (Å²) in [5.41, 5.74) is 7.29. The van der Waals surface area contributed by atoms with Crippen LogP contribution >= 0.6 is 11.8 Å². The van der Waals surface area contributed by atoms with Crippen LogP contribution in [0.25, 0.3) is 0 Å². The van der Waals surface area contributed by atoms with E-state index < -0.39 is 10.8 Å². The molecule has 22 heavy (non-hydrogen) atoms. The fourth-order valence-corrected chi connectivity index (χ4v) is 3.19. The van der Waals surface area contributed by atoms with Gasteiger partial charge in [0.25, 0.3) is 0 Å². The molecule has 0 radical (unpaired) electrons. The van der Waals surface area contributed by atoms with E-state index in [9.17, 15) is 4.79 Å². The summed E-state index contributed by atoms with van der Waals surface area (Å²) in [6.45, 7) is 0. The van der Waals surface area contributed by atoms with Gasteiger partial charge in [-0.05, 0) is 29.8 Å². The first-order valence-electron chi connectivity index (χ1n) is 6.81. The molecule has 0 aromatic heterocycles. The molecule has 0 heterocycles. The Kier molecular flexibility index (Phi) is 5.46. The molecule has 0 aliphatic carbocycles. The second-order valence-corrected chi connectivity index (χ2v) is 6.23. The molecule has 0 aliphatic rings. The summed E-state index contributed by atoms with van der Waals surface area (Å²) in [5.74, 6) is 0.317. The zero-order valence-electron chi connectivity index (χ0n) is 12.6. The van der Waals surface area contributed by atoms with E-state index in [0.29, 0.717) is 6.42 Å². The van der Waals surface area contributed by atoms with Crippen LogP contribution in [0, 0.1) is 0 Å². The number of carbonyl (C=O) groups is 1. The second kappa shape index (κ2) is 7.33. The molecule has 0 aliphatic heterocycles. The van der Waals surface area contributed by atoms with Gasteiger partial charge < -0.3 is 15.2 Å². The van der Waals surface area contributed by atoms with Gasteiger partial charge in [-0.15, -0.1) is 0 Å². The summed E-state index contributed by atoms with van der Waals surface area (Å²) in [4.78, 5) is 11.9. The Hall–Kier alpha value is -1.98. The molecule has 0 saturated heterocycles. The lowest BCUT2D eigenvalue weighted by atomic mass is 10.1. The lowest BCUT2D eigenvalue weighted by Gasteiger charge is -2.26. The second-order valence-electron chi connectivity index (χ2n) is 4.82. The van der Waals surface area contributed by atoms with E-state index >= 15 is 0 Å². The maximum absolute atomic E-state index is 12.2. The highest BCUT2D eigenvalue weighted by atomic mass is 32.2. The number of nitrogens with two attached hydrogens (primary N) is 1. The van der Waals surface area contributed by atoms with E-state index in [-0.39, 0.29) is 0 Å². The molecule has 116 valence electrons. The molecule has 2 aromatic carbocycles. The van der Waals surface area contributed by atoms with Crippen LogP contribution in [0.1, 0.15) is 5.56 Å². The van der Waals surface area contributed by atoms with Crippen molar-refractivity contribution < 1.29 is 14.3 Å². The topological polar surface area (TPSA) is 61.5 Å². The summed E-state index contributed by atoms with van der Waals surface area (Å²) in [5, 5.41) is 0. The average Bonchev–Trinajstić information content (AvgIpc) is 2.55. The molecule has 0 bridgehead atoms. The molecular weight excluding hydrogens is 298 g/mol. The Balaban J connectivity index is 2.22. The number of benzene rings is 2. The number of methoxy groups -OCH3 is 2. The first kappa shape index (κ1) is 16.4. The monoisotopic (exact) mass is 317 g/mol. The highest BCUT2D eigenvalue weighted by molar-refractivity contribution is 8.01. The zero-order valence-corrected chi connectivity index (χ0v) is 13.4. The Morgan fingerprint density at radius 1 is 1.09 bits per heavy atom. The summed E-state index contributed by atoms with van der Waals surface area (Å²) in [6, 6.07) is 17.1. The van der Waals surface area contributed by atoms with E-state index in [1.807, 2.05) is 54.6 Å². The molecule has 1 unspecified atom stereocenters. The first-order valence-corrected chi connectivity index (χ1v) is 7.63. The van der Waals surface area contributed by atoms with Gasteiger partial charge in [-0.2, -0.15) is 0 Å². The van der Waals surface area contributed by atoms with Gasteiger partial charge in [0.2, 0.25) is 0 Å². The predicted molar refractivity (Wildman–Crippen MR) is 87.9 cm³/mol. The molecule has 1 atom stereocenters. The van der Waals surface area contributed by atoms with Crippen molar-refractivity contribution in [3.63, 3.8) is 0 Å². The predicted octanol–water partition coefficient (Wildman–Crippen LogP) is 2.86. The third-order valence-electron chi connectivity index (χ3n) is 3.20. The van der Waals surface area contributed by atoms with Crippen molar-refractivity contribution in [2.45, 2.75) is 16.2 Å². The Labute approximate surface area is 134 Å². The number of ether oxygens (including phenoxy) is 2. The van der Waals surface area contributed by atoms with Crippen LogP contribution in [0.5, 0.6) is 5.75 Å². The molecule has 2 aromatic rings. The zero-order chi connectivity index (χ0) is 16.0. The number of esters is 1. The largest absolute Gasteiger partial charge is 0.497 e. The molecular formula is C17H19NO3S. The van der Waals surface area contributed by atoms with E-state index in [1.54, 1.807) is 7.11 Å². The van der Waals surface area contributed by atoms with E-state index in [0.717, 1.165) is 16.2 Å². The lowest BCUT2D eigenvalue weighted by Crippen LogP contribution is -2.47. The molecule has 0 fully saturated rings. The van der Waals surface area contributed by atoms with Crippen LogP contribution in [-0.4, -0.2) is 25.1 Å². The normalized spacial score (nSPS) is 13.2. The number of thioether (sulfide) groups is 1. The van der Waals surface area contributed by atoms with Crippen molar-refractivity contribution >= 4 is 17.7 Å². The van der Waals surface area contributed by atoms with Crippen molar-refractivity contribution in [1.29, 1.82) is 0 Å². The molecule has 2 rings (SSSR count). The average molecular weight is 317 g/mol. The lowest BCUT2D eigenvalue weighted by molar-refractivity contribution is -0.143. The van der Waals surface area contributed by atoms with Gasteiger partial charge >= 0.3 is 5.97 Å². The third-order valence-corrected chi connectivity index (χ3v) is 4.38. The molecule has 5 heteroatoms. The van der Waals surface area contributed by atoms with Gasteiger partial charge in [-0.25, -0.2) is 4.79 Å². The third kappa shape index (κ3) is 4.02. The Morgan fingerprint density at radius 3 is 2.27 bits per heavy atom. The minimum absolute atomic E-state index is 0.364. The van der Waals surface area contributed by atoms with Gasteiger partial charge in [0.1, 0.15) is 5.75 Å². The van der Waals surface area contributed by atoms with Gasteiger partial charge in [0.05, 0.1) is 14.2 Å². The number of hydrogen-bond acceptors (Lipinski definition) is 5. The highest BCUT2D eigenvalue weighted by Crippen LogP contribution is 2.33. The fourth-order valence-electron chi connectivity index (χ4n) is 2.07. The SMILES string of the molecule is COC(=O)C(N)(Cc1ccc(OC)cc1)Sc1ccccc1. The standard InChI is InChI=1S/C17H19NO3S/c1-20-14-10-8-13(9-11-14)12-17(18,16(19)21-2)22-15-6-4-3-5-7-15/h3-11H,12,18H2,1-2H3. The smallest absolute Gasteiger partial charge is 0.337 e. The molecule has 0 saturated carbocycles. The maximum atomic E-state index is 12.2. The Bertz CT molecular complexity index is 616. The van der Waals surface area contributed by atoms with E-state index in [4.69, 9.17) is 15.2 Å². The quantitative estimate of drug-likeness (QED) is 0.504. The van der Waals surface area contributed by atoms with Crippen LogP contribution in [0.4, 0.5) is 0 Å².